The lowest BCUT2D eigenvalue weighted by atomic mass is 9.93. The molecule has 0 saturated carbocycles. The van der Waals surface area contributed by atoms with Gasteiger partial charge >= 0.3 is 0 Å². The van der Waals surface area contributed by atoms with Gasteiger partial charge in [0.2, 0.25) is 0 Å². The highest BCUT2D eigenvalue weighted by atomic mass is 32.2. The number of carbonyl (C=O) groups is 1. The van der Waals surface area contributed by atoms with Crippen LogP contribution >= 0.6 is 0 Å². The Bertz CT molecular complexity index is 342. The highest BCUT2D eigenvalue weighted by molar-refractivity contribution is 7.80. The Balaban J connectivity index is 2.74. The Labute approximate surface area is 113 Å². The number of ether oxygens (including phenoxy) is 1. The number of aliphatic hydroxyl groups is 3. The van der Waals surface area contributed by atoms with Crippen molar-refractivity contribution in [2.75, 3.05) is 13.2 Å². The van der Waals surface area contributed by atoms with Gasteiger partial charge in [0.25, 0.3) is 0 Å². The first-order valence-corrected chi connectivity index (χ1v) is 6.91. The summed E-state index contributed by atoms with van der Waals surface area (Å²) in [6.07, 6.45) is -3.29. The summed E-state index contributed by atoms with van der Waals surface area (Å²) in [6.45, 7) is 1.09. The molecule has 1 aliphatic heterocycles. The van der Waals surface area contributed by atoms with Gasteiger partial charge < -0.3 is 24.6 Å². The third-order valence-corrected chi connectivity index (χ3v) is 4.03. The van der Waals surface area contributed by atoms with Crippen LogP contribution in [0.5, 0.6) is 0 Å². The maximum Gasteiger partial charge on any atom is 0.165 e. The molecule has 1 fully saturated rings. The summed E-state index contributed by atoms with van der Waals surface area (Å²) in [4.78, 5) is 10.6. The minimum Gasteiger partial charge on any atom is -0.394 e. The predicted octanol–water partition coefficient (Wildman–Crippen LogP) is -2.42. The second-order valence-electron chi connectivity index (χ2n) is 4.83. The molecular formula is C10H19NO7S. The van der Waals surface area contributed by atoms with Crippen LogP contribution in [0.2, 0.25) is 0 Å². The molecule has 0 spiro atoms. The Morgan fingerprint density at radius 2 is 2.21 bits per heavy atom. The van der Waals surface area contributed by atoms with E-state index in [9.17, 15) is 23.8 Å². The average molecular weight is 297 g/mol. The van der Waals surface area contributed by atoms with E-state index in [0.29, 0.717) is 6.29 Å². The van der Waals surface area contributed by atoms with Gasteiger partial charge in [0.1, 0.15) is 6.10 Å². The molecule has 5 N–H and O–H groups in total. The first kappa shape index (κ1) is 16.6. The number of carbonyl (C=O) groups excluding carboxylic acids is 1. The lowest BCUT2D eigenvalue weighted by Crippen LogP contribution is -2.51. The van der Waals surface area contributed by atoms with E-state index < -0.39 is 46.9 Å². The molecule has 1 rings (SSSR count). The van der Waals surface area contributed by atoms with Gasteiger partial charge in [-0.2, -0.15) is 0 Å². The van der Waals surface area contributed by atoms with Gasteiger partial charge in [0.05, 0.1) is 24.6 Å². The van der Waals surface area contributed by atoms with E-state index in [0.717, 1.165) is 0 Å². The van der Waals surface area contributed by atoms with E-state index in [1.54, 1.807) is 6.92 Å². The Morgan fingerprint density at radius 3 is 2.63 bits per heavy atom. The van der Waals surface area contributed by atoms with Crippen LogP contribution in [0.3, 0.4) is 0 Å². The molecule has 0 amide bonds. The van der Waals surface area contributed by atoms with E-state index in [2.05, 4.69) is 5.32 Å². The van der Waals surface area contributed by atoms with Crippen molar-refractivity contribution in [3.8, 4) is 0 Å². The topological polar surface area (TPSA) is 136 Å². The molecule has 0 aliphatic carbocycles. The highest BCUT2D eigenvalue weighted by Crippen LogP contribution is 2.24. The fourth-order valence-electron chi connectivity index (χ4n) is 2.00. The summed E-state index contributed by atoms with van der Waals surface area (Å²) >= 11 is -2.40. The van der Waals surface area contributed by atoms with Gasteiger partial charge in [-0.15, -0.1) is 0 Å². The fourth-order valence-corrected chi connectivity index (χ4v) is 2.93. The van der Waals surface area contributed by atoms with E-state index in [1.165, 1.54) is 0 Å². The SMILES string of the molecule is CC1(CC(C(O)C(O)CO)S(=O)O)COC(C=O)N1. The summed E-state index contributed by atoms with van der Waals surface area (Å²) in [5.74, 6) is 0. The minimum atomic E-state index is -2.40. The number of hydrogen-bond acceptors (Lipinski definition) is 7. The van der Waals surface area contributed by atoms with E-state index in [1.807, 2.05) is 0 Å². The van der Waals surface area contributed by atoms with Crippen LogP contribution in [0.15, 0.2) is 0 Å². The van der Waals surface area contributed by atoms with Gasteiger partial charge in [0, 0.05) is 5.54 Å². The summed E-state index contributed by atoms with van der Waals surface area (Å²) < 4.78 is 25.6. The molecule has 1 saturated heterocycles. The quantitative estimate of drug-likeness (QED) is 0.259. The van der Waals surface area contributed by atoms with Crippen molar-refractivity contribution in [3.63, 3.8) is 0 Å². The molecule has 1 aliphatic rings. The summed E-state index contributed by atoms with van der Waals surface area (Å²) in [5, 5.41) is 29.5. The highest BCUT2D eigenvalue weighted by Gasteiger charge is 2.42. The Morgan fingerprint density at radius 1 is 1.58 bits per heavy atom. The Hall–Kier alpha value is -0.420. The van der Waals surface area contributed by atoms with Gasteiger partial charge in [-0.3, -0.25) is 10.1 Å². The lowest BCUT2D eigenvalue weighted by Gasteiger charge is -2.30. The van der Waals surface area contributed by atoms with Crippen LogP contribution in [0.4, 0.5) is 0 Å². The van der Waals surface area contributed by atoms with Gasteiger partial charge in [-0.25, -0.2) is 4.21 Å². The molecule has 0 aromatic carbocycles. The van der Waals surface area contributed by atoms with Gasteiger partial charge in [0.15, 0.2) is 23.6 Å². The van der Waals surface area contributed by atoms with Gasteiger partial charge in [-0.05, 0) is 13.3 Å². The number of aliphatic hydroxyl groups excluding tert-OH is 3. The molecule has 6 unspecified atom stereocenters. The minimum absolute atomic E-state index is 0.00131. The maximum absolute atomic E-state index is 11.3. The van der Waals surface area contributed by atoms with Crippen molar-refractivity contribution < 1.29 is 33.6 Å². The molecule has 1 heterocycles. The van der Waals surface area contributed by atoms with Crippen LogP contribution < -0.4 is 5.32 Å². The largest absolute Gasteiger partial charge is 0.394 e. The third kappa shape index (κ3) is 4.28. The van der Waals surface area contributed by atoms with Crippen molar-refractivity contribution >= 4 is 17.4 Å². The standard InChI is InChI=1S/C10H19NO7S/c1-10(5-18-8(4-13)11-10)2-7(19(16)17)9(15)6(14)3-12/h4,6-9,11-12,14-15H,2-3,5H2,1H3,(H,16,17). The molecule has 0 bridgehead atoms. The second-order valence-corrected chi connectivity index (χ2v) is 5.99. The molecule has 6 atom stereocenters. The zero-order valence-electron chi connectivity index (χ0n) is 10.4. The van der Waals surface area contributed by atoms with Crippen LogP contribution in [0, 0.1) is 0 Å². The first-order chi connectivity index (χ1) is 8.83. The molecule has 9 heteroatoms. The number of rotatable bonds is 7. The third-order valence-electron chi connectivity index (χ3n) is 3.07. The zero-order chi connectivity index (χ0) is 14.6. The fraction of sp³-hybridized carbons (Fsp3) is 0.900. The molecule has 19 heavy (non-hydrogen) atoms. The predicted molar refractivity (Wildman–Crippen MR) is 65.6 cm³/mol. The molecular weight excluding hydrogens is 278 g/mol. The number of aldehydes is 1. The number of hydrogen-bond donors (Lipinski definition) is 5. The molecule has 0 aromatic heterocycles. The molecule has 0 radical (unpaired) electrons. The summed E-state index contributed by atoms with van der Waals surface area (Å²) in [7, 11) is 0. The van der Waals surface area contributed by atoms with Crippen molar-refractivity contribution in [3.05, 3.63) is 0 Å². The second kappa shape index (κ2) is 6.84. The summed E-state index contributed by atoms with van der Waals surface area (Å²) in [6, 6.07) is 0. The molecule has 0 aromatic rings. The lowest BCUT2D eigenvalue weighted by molar-refractivity contribution is -0.116. The monoisotopic (exact) mass is 297 g/mol. The van der Waals surface area contributed by atoms with Crippen LogP contribution in [-0.4, -0.2) is 72.8 Å². The van der Waals surface area contributed by atoms with Crippen molar-refractivity contribution in [2.45, 2.75) is 42.6 Å². The maximum atomic E-state index is 11.3. The molecule has 8 nitrogen and oxygen atoms in total. The van der Waals surface area contributed by atoms with E-state index in [-0.39, 0.29) is 13.0 Å². The first-order valence-electron chi connectivity index (χ1n) is 5.74. The average Bonchev–Trinajstić information content (AvgIpc) is 2.76. The normalized spacial score (nSPS) is 33.6. The van der Waals surface area contributed by atoms with Crippen molar-refractivity contribution in [1.29, 1.82) is 0 Å². The van der Waals surface area contributed by atoms with Crippen LogP contribution in [0.25, 0.3) is 0 Å². The van der Waals surface area contributed by atoms with E-state index >= 15 is 0 Å². The number of nitrogens with one attached hydrogen (secondary N) is 1. The van der Waals surface area contributed by atoms with Crippen LogP contribution in [0.1, 0.15) is 13.3 Å². The van der Waals surface area contributed by atoms with Crippen LogP contribution in [-0.2, 0) is 20.6 Å². The van der Waals surface area contributed by atoms with Crippen molar-refractivity contribution in [2.24, 2.45) is 0 Å². The smallest absolute Gasteiger partial charge is 0.165 e. The zero-order valence-corrected chi connectivity index (χ0v) is 11.2. The van der Waals surface area contributed by atoms with E-state index in [4.69, 9.17) is 9.84 Å². The van der Waals surface area contributed by atoms with Crippen molar-refractivity contribution in [1.82, 2.24) is 5.32 Å². The Kier molecular flexibility index (Phi) is 5.99. The molecule has 112 valence electrons. The summed E-state index contributed by atoms with van der Waals surface area (Å²) in [5.41, 5.74) is -0.773. The van der Waals surface area contributed by atoms with Gasteiger partial charge in [-0.1, -0.05) is 0 Å².